The highest BCUT2D eigenvalue weighted by molar-refractivity contribution is 7.92. The quantitative estimate of drug-likeness (QED) is 0.774. The fourth-order valence-electron chi connectivity index (χ4n) is 3.30. The lowest BCUT2D eigenvalue weighted by Gasteiger charge is -2.23. The van der Waals surface area contributed by atoms with E-state index in [0.29, 0.717) is 13.0 Å². The number of alkyl halides is 3. The van der Waals surface area contributed by atoms with Gasteiger partial charge in [0.05, 0.1) is 11.4 Å². The van der Waals surface area contributed by atoms with E-state index in [1.807, 2.05) is 0 Å². The van der Waals surface area contributed by atoms with E-state index < -0.39 is 22.7 Å². The van der Waals surface area contributed by atoms with Crippen molar-refractivity contribution >= 4 is 21.6 Å². The van der Waals surface area contributed by atoms with Gasteiger partial charge in [-0.15, -0.1) is 0 Å². The molecule has 162 valence electrons. The van der Waals surface area contributed by atoms with Gasteiger partial charge in [-0.25, -0.2) is 8.42 Å². The summed E-state index contributed by atoms with van der Waals surface area (Å²) in [4.78, 5) is 15.7. The van der Waals surface area contributed by atoms with Crippen LogP contribution in [0.25, 0.3) is 0 Å². The van der Waals surface area contributed by atoms with Crippen LogP contribution in [0.4, 0.5) is 18.9 Å². The van der Waals surface area contributed by atoms with Gasteiger partial charge in [-0.3, -0.25) is 14.4 Å². The Morgan fingerprint density at radius 1 is 0.967 bits per heavy atom. The second-order valence-electron chi connectivity index (χ2n) is 7.04. The molecule has 1 amide bonds. The van der Waals surface area contributed by atoms with Crippen molar-refractivity contribution < 1.29 is 26.4 Å². The molecule has 30 heavy (non-hydrogen) atoms. The van der Waals surface area contributed by atoms with Gasteiger partial charge >= 0.3 is 6.18 Å². The molecule has 0 aromatic heterocycles. The van der Waals surface area contributed by atoms with Crippen molar-refractivity contribution in [2.24, 2.45) is 0 Å². The first-order valence-electron chi connectivity index (χ1n) is 9.40. The van der Waals surface area contributed by atoms with Crippen LogP contribution in [-0.4, -0.2) is 63.0 Å². The van der Waals surface area contributed by atoms with E-state index in [1.54, 1.807) is 30.3 Å². The van der Waals surface area contributed by atoms with Gasteiger partial charge in [0.25, 0.3) is 15.9 Å². The molecule has 3 rings (SSSR count). The third kappa shape index (κ3) is 5.96. The molecule has 1 saturated heterocycles. The Bertz CT molecular complexity index is 982. The zero-order valence-corrected chi connectivity index (χ0v) is 16.9. The molecule has 1 aliphatic heterocycles. The fourth-order valence-corrected chi connectivity index (χ4v) is 4.37. The van der Waals surface area contributed by atoms with Crippen molar-refractivity contribution in [2.45, 2.75) is 17.5 Å². The van der Waals surface area contributed by atoms with Crippen LogP contribution in [0.15, 0.2) is 59.5 Å². The number of hydrogen-bond donors (Lipinski definition) is 1. The summed E-state index contributed by atoms with van der Waals surface area (Å²) < 4.78 is 65.3. The number of carbonyl (C=O) groups is 1. The molecule has 0 bridgehead atoms. The number of nitrogens with zero attached hydrogens (tertiary/aromatic N) is 2. The van der Waals surface area contributed by atoms with Crippen LogP contribution >= 0.6 is 0 Å². The van der Waals surface area contributed by atoms with Crippen molar-refractivity contribution in [3.8, 4) is 0 Å². The van der Waals surface area contributed by atoms with E-state index in [4.69, 9.17) is 0 Å². The number of benzene rings is 2. The van der Waals surface area contributed by atoms with Gasteiger partial charge < -0.3 is 4.90 Å². The molecule has 0 aliphatic carbocycles. The number of nitrogens with one attached hydrogen (secondary N) is 1. The highest BCUT2D eigenvalue weighted by Crippen LogP contribution is 2.20. The van der Waals surface area contributed by atoms with Gasteiger partial charge in [-0.1, -0.05) is 24.3 Å². The number of sulfonamides is 1. The van der Waals surface area contributed by atoms with Gasteiger partial charge in [-0.2, -0.15) is 13.2 Å². The van der Waals surface area contributed by atoms with Gasteiger partial charge in [0.2, 0.25) is 0 Å². The molecule has 0 saturated carbocycles. The maximum atomic E-state index is 12.8. The normalized spacial score (nSPS) is 16.2. The highest BCUT2D eigenvalue weighted by Gasteiger charge is 2.32. The number of hydrogen-bond acceptors (Lipinski definition) is 4. The molecule has 1 heterocycles. The molecule has 2 aromatic rings. The topological polar surface area (TPSA) is 69.7 Å². The minimum absolute atomic E-state index is 0.0963. The molecular weight excluding hydrogens is 419 g/mol. The summed E-state index contributed by atoms with van der Waals surface area (Å²) in [5.74, 6) is -0.343. The minimum Gasteiger partial charge on any atom is -0.337 e. The number of anilines is 1. The van der Waals surface area contributed by atoms with E-state index in [0.717, 1.165) is 0 Å². The maximum absolute atomic E-state index is 12.8. The van der Waals surface area contributed by atoms with Crippen LogP contribution in [0, 0.1) is 0 Å². The first-order valence-corrected chi connectivity index (χ1v) is 10.9. The van der Waals surface area contributed by atoms with Gasteiger partial charge in [0.1, 0.15) is 0 Å². The summed E-state index contributed by atoms with van der Waals surface area (Å²) in [5, 5.41) is 0. The second-order valence-corrected chi connectivity index (χ2v) is 8.72. The smallest absolute Gasteiger partial charge is 0.337 e. The fraction of sp³-hybridized carbons (Fsp3) is 0.350. The Labute approximate surface area is 173 Å². The molecule has 10 heteroatoms. The summed E-state index contributed by atoms with van der Waals surface area (Å²) in [6, 6.07) is 13.9. The summed E-state index contributed by atoms with van der Waals surface area (Å²) in [7, 11) is -3.80. The van der Waals surface area contributed by atoms with Crippen LogP contribution in [0.5, 0.6) is 0 Å². The van der Waals surface area contributed by atoms with E-state index in [2.05, 4.69) is 4.72 Å². The number of halogens is 3. The first-order chi connectivity index (χ1) is 14.1. The molecule has 6 nitrogen and oxygen atoms in total. The molecule has 0 atom stereocenters. The Morgan fingerprint density at radius 3 is 2.40 bits per heavy atom. The molecular formula is C20H22F3N3O3S. The number of carbonyl (C=O) groups excluding carboxylic acids is 1. The van der Waals surface area contributed by atoms with Crippen molar-refractivity contribution in [2.75, 3.05) is 37.4 Å². The predicted molar refractivity (Wildman–Crippen MR) is 107 cm³/mol. The Balaban J connectivity index is 1.69. The first kappa shape index (κ1) is 22.1. The lowest BCUT2D eigenvalue weighted by Crippen LogP contribution is -2.38. The number of amides is 1. The van der Waals surface area contributed by atoms with Crippen LogP contribution < -0.4 is 4.72 Å². The molecule has 0 spiro atoms. The SMILES string of the molecule is O=C(c1cccc(NS(=O)(=O)c2ccccc2)c1)N1CCCN(CC(F)(F)F)CC1. The van der Waals surface area contributed by atoms with Gasteiger partial charge in [0, 0.05) is 37.4 Å². The van der Waals surface area contributed by atoms with E-state index in [9.17, 15) is 26.4 Å². The standard InChI is InChI=1S/C20H22F3N3O3S/c21-20(22,23)15-25-10-5-11-26(13-12-25)19(27)16-6-4-7-17(14-16)24-30(28,29)18-8-2-1-3-9-18/h1-4,6-9,14,24H,5,10-13,15H2. The Hall–Kier alpha value is -2.59. The third-order valence-corrected chi connectivity index (χ3v) is 6.09. The average molecular weight is 441 g/mol. The Kier molecular flexibility index (Phi) is 6.67. The van der Waals surface area contributed by atoms with E-state index in [-0.39, 0.29) is 41.7 Å². The van der Waals surface area contributed by atoms with Crippen LogP contribution in [0.3, 0.4) is 0 Å². The minimum atomic E-state index is -4.27. The van der Waals surface area contributed by atoms with Crippen LogP contribution in [0.2, 0.25) is 0 Å². The monoisotopic (exact) mass is 441 g/mol. The average Bonchev–Trinajstić information content (AvgIpc) is 2.92. The van der Waals surface area contributed by atoms with E-state index >= 15 is 0 Å². The van der Waals surface area contributed by atoms with Crippen molar-refractivity contribution in [1.29, 1.82) is 0 Å². The molecule has 0 radical (unpaired) electrons. The number of rotatable bonds is 5. The summed E-state index contributed by atoms with van der Waals surface area (Å²) in [6.07, 6.45) is -3.84. The zero-order chi connectivity index (χ0) is 21.8. The second kappa shape index (κ2) is 9.05. The maximum Gasteiger partial charge on any atom is 0.401 e. The summed E-state index contributed by atoms with van der Waals surface area (Å²) in [5.41, 5.74) is 0.505. The lowest BCUT2D eigenvalue weighted by molar-refractivity contribution is -0.145. The molecule has 1 aliphatic rings. The zero-order valence-electron chi connectivity index (χ0n) is 16.1. The van der Waals surface area contributed by atoms with Crippen LogP contribution in [-0.2, 0) is 10.0 Å². The van der Waals surface area contributed by atoms with Gasteiger partial charge in [-0.05, 0) is 36.8 Å². The Morgan fingerprint density at radius 2 is 1.70 bits per heavy atom. The summed E-state index contributed by atoms with van der Waals surface area (Å²) >= 11 is 0. The van der Waals surface area contributed by atoms with Crippen molar-refractivity contribution in [3.63, 3.8) is 0 Å². The molecule has 1 fully saturated rings. The van der Waals surface area contributed by atoms with Crippen LogP contribution in [0.1, 0.15) is 16.8 Å². The molecule has 1 N–H and O–H groups in total. The molecule has 0 unspecified atom stereocenters. The van der Waals surface area contributed by atoms with Gasteiger partial charge in [0.15, 0.2) is 0 Å². The van der Waals surface area contributed by atoms with Crippen molar-refractivity contribution in [1.82, 2.24) is 9.80 Å². The summed E-state index contributed by atoms with van der Waals surface area (Å²) in [6.45, 7) is -0.0837. The lowest BCUT2D eigenvalue weighted by atomic mass is 10.1. The highest BCUT2D eigenvalue weighted by atomic mass is 32.2. The molecule has 2 aromatic carbocycles. The van der Waals surface area contributed by atoms with Crippen molar-refractivity contribution in [3.05, 3.63) is 60.2 Å². The third-order valence-electron chi connectivity index (χ3n) is 4.69. The van der Waals surface area contributed by atoms with E-state index in [1.165, 1.54) is 34.1 Å². The largest absolute Gasteiger partial charge is 0.401 e. The predicted octanol–water partition coefficient (Wildman–Crippen LogP) is 3.20.